The Bertz CT molecular complexity index is 1710. The summed E-state index contributed by atoms with van der Waals surface area (Å²) in [5, 5.41) is 74.7. The van der Waals surface area contributed by atoms with E-state index < -0.39 is 116 Å². The third-order valence-electron chi connectivity index (χ3n) is 7.56. The molecule has 26 heteroatoms. The molecule has 0 bridgehead atoms. The van der Waals surface area contributed by atoms with Crippen molar-refractivity contribution < 1.29 is 79.2 Å². The van der Waals surface area contributed by atoms with Gasteiger partial charge in [0.05, 0.1) is 6.42 Å². The number of anilines is 2. The van der Waals surface area contributed by atoms with Gasteiger partial charge >= 0.3 is 35.3 Å². The Morgan fingerprint density at radius 3 is 1.51 bits per heavy atom. The maximum Gasteiger partial charge on any atom is 0.351 e. The van der Waals surface area contributed by atoms with Crippen molar-refractivity contribution >= 4 is 35.5 Å². The second-order valence-electron chi connectivity index (χ2n) is 11.3. The van der Waals surface area contributed by atoms with E-state index in [0.717, 1.165) is 9.13 Å². The lowest BCUT2D eigenvalue weighted by Crippen LogP contribution is -2.39. The molecule has 0 radical (unpaired) electrons. The van der Waals surface area contributed by atoms with Crippen molar-refractivity contribution in [2.45, 2.75) is 80.4 Å². The molecule has 53 heavy (non-hydrogen) atoms. The number of nitrogens with zero attached hydrogens (tertiary/aromatic N) is 4. The lowest BCUT2D eigenvalue weighted by atomic mass is 10.1. The van der Waals surface area contributed by atoms with Crippen LogP contribution in [0.3, 0.4) is 0 Å². The fourth-order valence-corrected chi connectivity index (χ4v) is 4.74. The number of hydrogen-bond donors (Lipinski definition) is 12. The summed E-state index contributed by atoms with van der Waals surface area (Å²) >= 11 is 0. The first-order chi connectivity index (χ1) is 25.0. The molecule has 2 aliphatic rings. The highest BCUT2D eigenvalue weighted by Gasteiger charge is 2.46. The Hall–Kier alpha value is -5.16. The van der Waals surface area contributed by atoms with Crippen molar-refractivity contribution in [1.82, 2.24) is 19.1 Å². The maximum atomic E-state index is 11.9. The van der Waals surface area contributed by atoms with Gasteiger partial charge in [-0.15, -0.1) is 0 Å². The number of aliphatic hydroxyl groups excluding tert-OH is 4. The third kappa shape index (κ3) is 11.2. The second kappa shape index (κ2) is 19.1. The maximum absolute atomic E-state index is 11.9. The number of carbonyl (C=O) groups is 4. The molecule has 26 nitrogen and oxygen atoms in total. The number of nitrogens with two attached hydrogens (primary N) is 2. The number of ether oxygens (including phenoxy) is 4. The molecule has 2 aromatic heterocycles. The van der Waals surface area contributed by atoms with Crippen LogP contribution < -0.4 is 33.8 Å². The number of aromatic nitrogens is 4. The van der Waals surface area contributed by atoms with E-state index in [0.29, 0.717) is 0 Å². The fraction of sp³-hybridized carbons (Fsp3) is 0.556. The molecule has 0 spiro atoms. The average Bonchev–Trinajstić information content (AvgIpc) is 3.56. The van der Waals surface area contributed by atoms with Gasteiger partial charge in [0.1, 0.15) is 61.9 Å². The van der Waals surface area contributed by atoms with E-state index in [9.17, 15) is 49.2 Å². The minimum Gasteiger partial charge on any atom is -0.481 e. The van der Waals surface area contributed by atoms with Gasteiger partial charge in [-0.05, 0) is 18.6 Å². The van der Waals surface area contributed by atoms with Crippen LogP contribution in [0.2, 0.25) is 0 Å². The summed E-state index contributed by atoms with van der Waals surface area (Å²) in [7, 11) is 0. The van der Waals surface area contributed by atoms with E-state index in [4.69, 9.17) is 51.0 Å². The third-order valence-corrected chi connectivity index (χ3v) is 7.56. The zero-order valence-electron chi connectivity index (χ0n) is 27.2. The van der Waals surface area contributed by atoms with Crippen LogP contribution in [0.25, 0.3) is 0 Å². The van der Waals surface area contributed by atoms with Gasteiger partial charge in [-0.1, -0.05) is 0 Å². The molecule has 294 valence electrons. The minimum atomic E-state index is -1.53. The lowest BCUT2D eigenvalue weighted by molar-refractivity contribution is -0.154. The van der Waals surface area contributed by atoms with Crippen molar-refractivity contribution in [2.75, 3.05) is 24.2 Å². The molecule has 4 rings (SSSR count). The van der Waals surface area contributed by atoms with Crippen molar-refractivity contribution in [1.29, 1.82) is 0 Å². The summed E-state index contributed by atoms with van der Waals surface area (Å²) in [4.78, 5) is 75.0. The van der Waals surface area contributed by atoms with E-state index in [1.54, 1.807) is 11.0 Å². The molecule has 0 aromatic carbocycles. The molecule has 2 saturated heterocycles. The number of aliphatic hydroxyl groups is 4. The summed E-state index contributed by atoms with van der Waals surface area (Å²) in [6.07, 6.45) is -9.66. The van der Waals surface area contributed by atoms with Gasteiger partial charge in [-0.25, -0.2) is 9.59 Å². The highest BCUT2D eigenvalue weighted by molar-refractivity contribution is 5.81. The summed E-state index contributed by atoms with van der Waals surface area (Å²) in [6, 6.07) is -0.0938. The van der Waals surface area contributed by atoms with E-state index in [1.807, 2.05) is 0 Å². The Balaban J connectivity index is 0.000000286. The monoisotopic (exact) mass is 762 g/mol. The fourth-order valence-electron chi connectivity index (χ4n) is 4.74. The zero-order valence-corrected chi connectivity index (χ0v) is 27.2. The van der Waals surface area contributed by atoms with Gasteiger partial charge in [-0.3, -0.25) is 49.7 Å². The van der Waals surface area contributed by atoms with Gasteiger partial charge < -0.3 is 61.1 Å². The number of carboxylic acids is 2. The van der Waals surface area contributed by atoms with Gasteiger partial charge in [0.2, 0.25) is 0 Å². The van der Waals surface area contributed by atoms with Gasteiger partial charge in [-0.2, -0.15) is 9.97 Å². The highest BCUT2D eigenvalue weighted by atomic mass is 16.6. The normalized spacial score (nSPS) is 26.0. The smallest absolute Gasteiger partial charge is 0.351 e. The average molecular weight is 763 g/mol. The molecule has 0 saturated carbocycles. The molecule has 0 unspecified atom stereocenters. The molecular weight excluding hydrogens is 724 g/mol. The Morgan fingerprint density at radius 1 is 0.736 bits per heavy atom. The molecule has 4 heterocycles. The second-order valence-corrected chi connectivity index (χ2v) is 11.3. The van der Waals surface area contributed by atoms with Crippen molar-refractivity contribution in [2.24, 2.45) is 11.5 Å². The van der Waals surface area contributed by atoms with E-state index in [2.05, 4.69) is 9.97 Å². The van der Waals surface area contributed by atoms with Crippen LogP contribution in [0.15, 0.2) is 34.1 Å². The molecule has 10 atom stereocenters. The standard InChI is InChI=1S/C14H20N4O9.C13H18N4O9/c15-6(1-2-9(19)20)13(23)26-5-7-10(21)11(22)12(27-7)18-4-3-8(17-25)16-14(18)24;14-5(3-8(18)19)12(22)25-4-6-9(20)10(21)11(26-6)17-2-1-7(16-24)15-13(17)23/h3-4,6-7,10-12,21-22,25H,1-2,5,15H2,(H,19,20)(H,16,17,24);1-2,5-6,9-11,20-21,24H,3-4,14H2,(H,18,19)(H,15,16,23)/t6-,7+,10+,11+,12+;5-,6+,9+,10+,11+/m00/s1. The van der Waals surface area contributed by atoms with Crippen LogP contribution in [0.5, 0.6) is 0 Å². The number of nitrogens with one attached hydrogen (secondary N) is 2. The first kappa shape index (κ1) is 42.3. The summed E-state index contributed by atoms with van der Waals surface area (Å²) in [5.41, 5.74) is 12.5. The number of rotatable bonds is 15. The summed E-state index contributed by atoms with van der Waals surface area (Å²) in [6.45, 7) is -0.980. The van der Waals surface area contributed by atoms with Crippen LogP contribution in [0, 0.1) is 0 Å². The van der Waals surface area contributed by atoms with Crippen molar-refractivity contribution in [3.8, 4) is 0 Å². The first-order valence-corrected chi connectivity index (χ1v) is 15.3. The predicted molar refractivity (Wildman–Crippen MR) is 167 cm³/mol. The quantitative estimate of drug-likeness (QED) is 0.0594. The van der Waals surface area contributed by atoms with Crippen LogP contribution >= 0.6 is 0 Å². The SMILES string of the molecule is N[C@@H](CC(=O)O)C(=O)OC[C@H]1O[C@@H](n2ccc(NO)nc2=O)[C@H](O)[C@@H]1O.N[C@@H](CCC(=O)O)C(=O)OC[C@H]1O[C@@H](n2ccc(NO)nc2=O)[C@H](O)[C@@H]1O. The Morgan fingerprint density at radius 2 is 1.15 bits per heavy atom. The number of carbonyl (C=O) groups excluding carboxylic acids is 2. The number of hydrogen-bond acceptors (Lipinski definition) is 22. The van der Waals surface area contributed by atoms with Crippen molar-refractivity contribution in [3.05, 3.63) is 45.5 Å². The highest BCUT2D eigenvalue weighted by Crippen LogP contribution is 2.30. The minimum absolute atomic E-state index is 0.120. The number of esters is 2. The molecule has 0 aliphatic carbocycles. The predicted octanol–water partition coefficient (Wildman–Crippen LogP) is -5.59. The van der Waals surface area contributed by atoms with E-state index >= 15 is 0 Å². The van der Waals surface area contributed by atoms with Crippen LogP contribution in [-0.2, 0) is 38.1 Å². The summed E-state index contributed by atoms with van der Waals surface area (Å²) in [5.74, 6) is -4.54. The molecule has 2 aromatic rings. The molecule has 14 N–H and O–H groups in total. The van der Waals surface area contributed by atoms with Crippen LogP contribution in [-0.4, -0.2) is 146 Å². The van der Waals surface area contributed by atoms with Gasteiger partial charge in [0.25, 0.3) is 0 Å². The molecule has 2 fully saturated rings. The Labute approximate surface area is 295 Å². The zero-order chi connectivity index (χ0) is 39.6. The molecule has 0 amide bonds. The number of aliphatic carboxylic acids is 2. The largest absolute Gasteiger partial charge is 0.481 e. The van der Waals surface area contributed by atoms with Gasteiger partial charge in [0, 0.05) is 18.8 Å². The van der Waals surface area contributed by atoms with Gasteiger partial charge in [0.15, 0.2) is 24.1 Å². The van der Waals surface area contributed by atoms with E-state index in [-0.39, 0.29) is 24.5 Å². The Kier molecular flexibility index (Phi) is 15.2. The molecular formula is C27H38N8O18. The molecule has 2 aliphatic heterocycles. The lowest BCUT2D eigenvalue weighted by Gasteiger charge is -2.17. The number of carboxylic acid groups (broad SMARTS) is 2. The van der Waals surface area contributed by atoms with Crippen LogP contribution in [0.1, 0.15) is 31.7 Å². The van der Waals surface area contributed by atoms with Crippen LogP contribution in [0.4, 0.5) is 11.6 Å². The first-order valence-electron chi connectivity index (χ1n) is 15.3. The summed E-state index contributed by atoms with van der Waals surface area (Å²) < 4.78 is 22.2. The topological polar surface area (TPSA) is 413 Å². The van der Waals surface area contributed by atoms with E-state index in [1.165, 1.54) is 24.5 Å². The van der Waals surface area contributed by atoms with Crippen molar-refractivity contribution in [3.63, 3.8) is 0 Å².